The fourth-order valence-electron chi connectivity index (χ4n) is 2.06. The SMILES string of the molecule is CCCCCCCCC/C=C/CCCC(=O)OCCN. The third-order valence-electron chi connectivity index (χ3n) is 3.27. The van der Waals surface area contributed by atoms with E-state index in [4.69, 9.17) is 10.5 Å². The number of carbonyl (C=O) groups is 1. The number of hydrogen-bond acceptors (Lipinski definition) is 3. The topological polar surface area (TPSA) is 52.3 Å². The van der Waals surface area contributed by atoms with Crippen molar-refractivity contribution in [2.75, 3.05) is 13.2 Å². The lowest BCUT2D eigenvalue weighted by atomic mass is 10.1. The molecule has 0 aliphatic carbocycles. The molecule has 2 N–H and O–H groups in total. The van der Waals surface area contributed by atoms with E-state index in [0.29, 0.717) is 19.6 Å². The smallest absolute Gasteiger partial charge is 0.305 e. The van der Waals surface area contributed by atoms with Crippen LogP contribution in [-0.2, 0) is 9.53 Å². The van der Waals surface area contributed by atoms with E-state index in [1.54, 1.807) is 0 Å². The van der Waals surface area contributed by atoms with Gasteiger partial charge in [0.1, 0.15) is 6.61 Å². The molecule has 3 nitrogen and oxygen atoms in total. The average molecular weight is 283 g/mol. The molecule has 0 rings (SSSR count). The van der Waals surface area contributed by atoms with Crippen LogP contribution >= 0.6 is 0 Å². The number of carbonyl (C=O) groups excluding carboxylic acids is 1. The Morgan fingerprint density at radius 1 is 0.950 bits per heavy atom. The highest BCUT2D eigenvalue weighted by molar-refractivity contribution is 5.69. The highest BCUT2D eigenvalue weighted by atomic mass is 16.5. The minimum Gasteiger partial charge on any atom is -0.464 e. The first-order valence-corrected chi connectivity index (χ1v) is 8.32. The molecule has 0 spiro atoms. The summed E-state index contributed by atoms with van der Waals surface area (Å²) < 4.78 is 4.90. The van der Waals surface area contributed by atoms with Crippen molar-refractivity contribution in [1.82, 2.24) is 0 Å². The Hall–Kier alpha value is -0.830. The molecule has 0 aromatic carbocycles. The van der Waals surface area contributed by atoms with Crippen molar-refractivity contribution >= 4 is 5.97 Å². The highest BCUT2D eigenvalue weighted by Gasteiger charge is 1.99. The molecular formula is C17H33NO2. The third kappa shape index (κ3) is 15.2. The second kappa shape index (κ2) is 16.2. The zero-order valence-electron chi connectivity index (χ0n) is 13.2. The number of unbranched alkanes of at least 4 members (excludes halogenated alkanes) is 8. The van der Waals surface area contributed by atoms with Crippen molar-refractivity contribution in [3.8, 4) is 0 Å². The van der Waals surface area contributed by atoms with E-state index in [-0.39, 0.29) is 5.97 Å². The van der Waals surface area contributed by atoms with Crippen LogP contribution in [-0.4, -0.2) is 19.1 Å². The van der Waals surface area contributed by atoms with E-state index < -0.39 is 0 Å². The summed E-state index contributed by atoms with van der Waals surface area (Å²) in [5.41, 5.74) is 5.26. The van der Waals surface area contributed by atoms with Crippen LogP contribution in [0, 0.1) is 0 Å². The lowest BCUT2D eigenvalue weighted by Crippen LogP contribution is -2.13. The van der Waals surface area contributed by atoms with Gasteiger partial charge < -0.3 is 10.5 Å². The van der Waals surface area contributed by atoms with Gasteiger partial charge in [-0.3, -0.25) is 4.79 Å². The third-order valence-corrected chi connectivity index (χ3v) is 3.27. The summed E-state index contributed by atoms with van der Waals surface area (Å²) in [4.78, 5) is 11.2. The van der Waals surface area contributed by atoms with E-state index in [1.165, 1.54) is 51.4 Å². The van der Waals surface area contributed by atoms with Gasteiger partial charge in [0.2, 0.25) is 0 Å². The fraction of sp³-hybridized carbons (Fsp3) is 0.824. The van der Waals surface area contributed by atoms with Crippen LogP contribution in [0.15, 0.2) is 12.2 Å². The Kier molecular flexibility index (Phi) is 15.6. The Morgan fingerprint density at radius 3 is 2.20 bits per heavy atom. The van der Waals surface area contributed by atoms with Crippen molar-refractivity contribution in [1.29, 1.82) is 0 Å². The van der Waals surface area contributed by atoms with E-state index in [1.807, 2.05) is 0 Å². The Labute approximate surface area is 125 Å². The molecule has 0 heterocycles. The monoisotopic (exact) mass is 283 g/mol. The summed E-state index contributed by atoms with van der Waals surface area (Å²) in [6.07, 6.45) is 17.5. The molecule has 0 saturated carbocycles. The molecule has 0 aliphatic rings. The molecule has 0 amide bonds. The summed E-state index contributed by atoms with van der Waals surface area (Å²) in [7, 11) is 0. The number of allylic oxidation sites excluding steroid dienone is 2. The first kappa shape index (κ1) is 19.2. The van der Waals surface area contributed by atoms with Gasteiger partial charge in [0.25, 0.3) is 0 Å². The quantitative estimate of drug-likeness (QED) is 0.293. The summed E-state index contributed by atoms with van der Waals surface area (Å²) in [6, 6.07) is 0. The predicted molar refractivity (Wildman–Crippen MR) is 85.6 cm³/mol. The zero-order valence-corrected chi connectivity index (χ0v) is 13.2. The van der Waals surface area contributed by atoms with Gasteiger partial charge in [-0.2, -0.15) is 0 Å². The van der Waals surface area contributed by atoms with Gasteiger partial charge in [0, 0.05) is 13.0 Å². The molecule has 0 saturated heterocycles. The lowest BCUT2D eigenvalue weighted by molar-refractivity contribution is -0.143. The van der Waals surface area contributed by atoms with Crippen LogP contribution in [0.4, 0.5) is 0 Å². The van der Waals surface area contributed by atoms with Gasteiger partial charge in [-0.25, -0.2) is 0 Å². The molecule has 0 bridgehead atoms. The fourth-order valence-corrected chi connectivity index (χ4v) is 2.06. The average Bonchev–Trinajstić information content (AvgIpc) is 2.46. The summed E-state index contributed by atoms with van der Waals surface area (Å²) >= 11 is 0. The Balaban J connectivity index is 3.18. The number of ether oxygens (including phenoxy) is 1. The molecule has 0 radical (unpaired) electrons. The summed E-state index contributed by atoms with van der Waals surface area (Å²) in [6.45, 7) is 3.00. The number of nitrogens with two attached hydrogens (primary N) is 1. The molecule has 0 aliphatic heterocycles. The van der Waals surface area contributed by atoms with Gasteiger partial charge in [-0.05, 0) is 25.7 Å². The normalized spacial score (nSPS) is 11.1. The van der Waals surface area contributed by atoms with Crippen molar-refractivity contribution in [3.05, 3.63) is 12.2 Å². The second-order valence-electron chi connectivity index (χ2n) is 5.28. The van der Waals surface area contributed by atoms with Gasteiger partial charge in [-0.15, -0.1) is 0 Å². The summed E-state index contributed by atoms with van der Waals surface area (Å²) in [5.74, 6) is -0.129. The Bertz CT molecular complexity index is 239. The van der Waals surface area contributed by atoms with Crippen molar-refractivity contribution in [3.63, 3.8) is 0 Å². The van der Waals surface area contributed by atoms with Gasteiger partial charge >= 0.3 is 5.97 Å². The van der Waals surface area contributed by atoms with Crippen LogP contribution < -0.4 is 5.73 Å². The predicted octanol–water partition coefficient (Wildman–Crippen LogP) is 4.36. The minimum absolute atomic E-state index is 0.129. The first-order chi connectivity index (χ1) is 9.81. The molecule has 0 atom stereocenters. The molecule has 0 unspecified atom stereocenters. The van der Waals surface area contributed by atoms with Gasteiger partial charge in [-0.1, -0.05) is 57.6 Å². The minimum atomic E-state index is -0.129. The second-order valence-corrected chi connectivity index (χ2v) is 5.28. The molecule has 20 heavy (non-hydrogen) atoms. The van der Waals surface area contributed by atoms with Crippen molar-refractivity contribution in [2.24, 2.45) is 5.73 Å². The van der Waals surface area contributed by atoms with Crippen molar-refractivity contribution in [2.45, 2.75) is 77.6 Å². The Morgan fingerprint density at radius 2 is 1.55 bits per heavy atom. The van der Waals surface area contributed by atoms with E-state index in [0.717, 1.165) is 12.8 Å². The van der Waals surface area contributed by atoms with Crippen LogP contribution in [0.2, 0.25) is 0 Å². The molecule has 0 aromatic rings. The number of hydrogen-bond donors (Lipinski definition) is 1. The molecule has 3 heteroatoms. The van der Waals surface area contributed by atoms with E-state index in [9.17, 15) is 4.79 Å². The van der Waals surface area contributed by atoms with Crippen molar-refractivity contribution < 1.29 is 9.53 Å². The molecule has 0 fully saturated rings. The first-order valence-electron chi connectivity index (χ1n) is 8.32. The van der Waals surface area contributed by atoms with Gasteiger partial charge in [0.15, 0.2) is 0 Å². The zero-order chi connectivity index (χ0) is 14.9. The van der Waals surface area contributed by atoms with Gasteiger partial charge in [0.05, 0.1) is 0 Å². The highest BCUT2D eigenvalue weighted by Crippen LogP contribution is 2.09. The molecule has 118 valence electrons. The maximum Gasteiger partial charge on any atom is 0.305 e. The standard InChI is InChI=1S/C17H33NO2/c1-2-3-4-5-6-7-8-9-10-11-12-13-14-17(19)20-16-15-18/h10-11H,2-9,12-16,18H2,1H3/b11-10+. The maximum atomic E-state index is 11.2. The number of rotatable bonds is 14. The lowest BCUT2D eigenvalue weighted by Gasteiger charge is -2.01. The van der Waals surface area contributed by atoms with E-state index in [2.05, 4.69) is 19.1 Å². The summed E-state index contributed by atoms with van der Waals surface area (Å²) in [5, 5.41) is 0. The molecule has 0 aromatic heterocycles. The van der Waals surface area contributed by atoms with Crippen LogP contribution in [0.5, 0.6) is 0 Å². The van der Waals surface area contributed by atoms with E-state index >= 15 is 0 Å². The van der Waals surface area contributed by atoms with Crippen LogP contribution in [0.25, 0.3) is 0 Å². The van der Waals surface area contributed by atoms with Crippen LogP contribution in [0.3, 0.4) is 0 Å². The maximum absolute atomic E-state index is 11.2. The number of esters is 1. The molecular weight excluding hydrogens is 250 g/mol. The van der Waals surface area contributed by atoms with Crippen LogP contribution in [0.1, 0.15) is 77.6 Å². The largest absolute Gasteiger partial charge is 0.464 e.